The summed E-state index contributed by atoms with van der Waals surface area (Å²) in [7, 11) is 0. The number of hydrazone groups is 1. The van der Waals surface area contributed by atoms with Crippen molar-refractivity contribution < 1.29 is 14.3 Å². The molecule has 32 heavy (non-hydrogen) atoms. The minimum atomic E-state index is -0.336. The van der Waals surface area contributed by atoms with Crippen molar-refractivity contribution in [2.45, 2.75) is 6.61 Å². The third-order valence-electron chi connectivity index (χ3n) is 4.71. The van der Waals surface area contributed by atoms with Crippen molar-refractivity contribution in [3.63, 3.8) is 0 Å². The standard InChI is InChI=1S/C26H21ClN2O3/c27-22-12-8-20(9-13-22)17-31-23-14-10-19(11-15-23)16-28-29-26(30)18-32-25-7-3-5-21-4-1-2-6-24(21)25/h1-16H,17-18H2,(H,29,30)/b28-16-. The van der Waals surface area contributed by atoms with Gasteiger partial charge in [0, 0.05) is 10.4 Å². The van der Waals surface area contributed by atoms with Crippen LogP contribution < -0.4 is 14.9 Å². The summed E-state index contributed by atoms with van der Waals surface area (Å²) in [6, 6.07) is 28.6. The Morgan fingerprint density at radius 3 is 2.44 bits per heavy atom. The van der Waals surface area contributed by atoms with E-state index in [4.69, 9.17) is 21.1 Å². The number of benzene rings is 4. The van der Waals surface area contributed by atoms with Gasteiger partial charge in [0.1, 0.15) is 18.1 Å². The third kappa shape index (κ3) is 5.86. The fraction of sp³-hybridized carbons (Fsp3) is 0.0769. The molecule has 0 unspecified atom stereocenters. The highest BCUT2D eigenvalue weighted by atomic mass is 35.5. The Morgan fingerprint density at radius 1 is 0.875 bits per heavy atom. The third-order valence-corrected chi connectivity index (χ3v) is 4.96. The lowest BCUT2D eigenvalue weighted by Gasteiger charge is -2.08. The number of ether oxygens (including phenoxy) is 2. The summed E-state index contributed by atoms with van der Waals surface area (Å²) in [5.41, 5.74) is 4.35. The molecule has 1 amide bonds. The molecule has 0 spiro atoms. The van der Waals surface area contributed by atoms with Gasteiger partial charge in [0.15, 0.2) is 6.61 Å². The fourth-order valence-corrected chi connectivity index (χ4v) is 3.20. The first-order chi connectivity index (χ1) is 15.7. The molecule has 160 valence electrons. The highest BCUT2D eigenvalue weighted by Gasteiger charge is 2.05. The van der Waals surface area contributed by atoms with Crippen LogP contribution in [0, 0.1) is 0 Å². The van der Waals surface area contributed by atoms with Gasteiger partial charge in [-0.05, 0) is 59.0 Å². The van der Waals surface area contributed by atoms with Crippen molar-refractivity contribution in [3.05, 3.63) is 107 Å². The van der Waals surface area contributed by atoms with Crippen LogP contribution >= 0.6 is 11.6 Å². The van der Waals surface area contributed by atoms with Crippen molar-refractivity contribution in [2.75, 3.05) is 6.61 Å². The quantitative estimate of drug-likeness (QED) is 0.284. The van der Waals surface area contributed by atoms with Gasteiger partial charge in [-0.2, -0.15) is 5.10 Å². The maximum absolute atomic E-state index is 12.1. The number of rotatable bonds is 8. The summed E-state index contributed by atoms with van der Waals surface area (Å²) in [6.45, 7) is 0.334. The van der Waals surface area contributed by atoms with Crippen molar-refractivity contribution in [1.29, 1.82) is 0 Å². The predicted molar refractivity (Wildman–Crippen MR) is 127 cm³/mol. The number of fused-ring (bicyclic) bond motifs is 1. The van der Waals surface area contributed by atoms with Gasteiger partial charge in [0.25, 0.3) is 5.91 Å². The number of carbonyl (C=O) groups excluding carboxylic acids is 1. The van der Waals surface area contributed by atoms with E-state index >= 15 is 0 Å². The molecule has 4 rings (SSSR count). The highest BCUT2D eigenvalue weighted by Crippen LogP contribution is 2.25. The summed E-state index contributed by atoms with van der Waals surface area (Å²) >= 11 is 5.89. The molecule has 4 aromatic rings. The van der Waals surface area contributed by atoms with Crippen molar-refractivity contribution in [3.8, 4) is 11.5 Å². The van der Waals surface area contributed by atoms with Crippen LogP contribution in [0.5, 0.6) is 11.5 Å². The second kappa shape index (κ2) is 10.5. The molecule has 4 aromatic carbocycles. The molecule has 0 aliphatic carbocycles. The van der Waals surface area contributed by atoms with Crippen LogP contribution in [0.4, 0.5) is 0 Å². The van der Waals surface area contributed by atoms with Gasteiger partial charge in [-0.25, -0.2) is 5.43 Å². The van der Waals surface area contributed by atoms with E-state index in [9.17, 15) is 4.79 Å². The Balaban J connectivity index is 1.24. The second-order valence-electron chi connectivity index (χ2n) is 7.04. The molecule has 0 aliphatic heterocycles. The number of amides is 1. The number of nitrogens with one attached hydrogen (secondary N) is 1. The zero-order valence-corrected chi connectivity index (χ0v) is 18.0. The van der Waals surface area contributed by atoms with Crippen molar-refractivity contribution >= 4 is 34.5 Å². The molecule has 5 nitrogen and oxygen atoms in total. The molecule has 0 saturated carbocycles. The van der Waals surface area contributed by atoms with E-state index in [0.29, 0.717) is 17.4 Å². The van der Waals surface area contributed by atoms with Gasteiger partial charge in [-0.1, -0.05) is 60.1 Å². The Hall–Kier alpha value is -3.83. The summed E-state index contributed by atoms with van der Waals surface area (Å²) in [5, 5.41) is 6.71. The molecular weight excluding hydrogens is 424 g/mol. The first-order valence-corrected chi connectivity index (χ1v) is 10.4. The van der Waals surface area contributed by atoms with Gasteiger partial charge in [0.2, 0.25) is 0 Å². The molecule has 0 saturated heterocycles. The van der Waals surface area contributed by atoms with Gasteiger partial charge in [-0.15, -0.1) is 0 Å². The van der Waals surface area contributed by atoms with E-state index in [0.717, 1.165) is 27.6 Å². The second-order valence-corrected chi connectivity index (χ2v) is 7.48. The van der Waals surface area contributed by atoms with Crippen LogP contribution in [0.3, 0.4) is 0 Å². The van der Waals surface area contributed by atoms with Gasteiger partial charge in [0.05, 0.1) is 6.21 Å². The van der Waals surface area contributed by atoms with E-state index < -0.39 is 0 Å². The average molecular weight is 445 g/mol. The molecule has 0 fully saturated rings. The van der Waals surface area contributed by atoms with Gasteiger partial charge < -0.3 is 9.47 Å². The van der Waals surface area contributed by atoms with Crippen molar-refractivity contribution in [2.24, 2.45) is 5.10 Å². The van der Waals surface area contributed by atoms with E-state index in [-0.39, 0.29) is 12.5 Å². The monoisotopic (exact) mass is 444 g/mol. The summed E-state index contributed by atoms with van der Waals surface area (Å²) in [5.74, 6) is 1.07. The zero-order valence-electron chi connectivity index (χ0n) is 17.2. The number of hydrogen-bond acceptors (Lipinski definition) is 4. The minimum Gasteiger partial charge on any atom is -0.489 e. The molecule has 0 aliphatic rings. The highest BCUT2D eigenvalue weighted by molar-refractivity contribution is 6.30. The lowest BCUT2D eigenvalue weighted by molar-refractivity contribution is -0.123. The Bertz CT molecular complexity index is 1220. The zero-order chi connectivity index (χ0) is 22.2. The molecule has 6 heteroatoms. The molecule has 0 radical (unpaired) electrons. The normalized spacial score (nSPS) is 10.9. The van der Waals surface area contributed by atoms with E-state index in [2.05, 4.69) is 10.5 Å². The average Bonchev–Trinajstić information content (AvgIpc) is 2.83. The molecular formula is C26H21ClN2O3. The lowest BCUT2D eigenvalue weighted by Crippen LogP contribution is -2.24. The van der Waals surface area contributed by atoms with E-state index in [1.807, 2.05) is 91.0 Å². The van der Waals surface area contributed by atoms with Gasteiger partial charge >= 0.3 is 0 Å². The fourth-order valence-electron chi connectivity index (χ4n) is 3.07. The van der Waals surface area contributed by atoms with Crippen LogP contribution in [0.25, 0.3) is 10.8 Å². The smallest absolute Gasteiger partial charge is 0.277 e. The van der Waals surface area contributed by atoms with Crippen LogP contribution in [-0.2, 0) is 11.4 Å². The number of hydrogen-bond donors (Lipinski definition) is 1. The van der Waals surface area contributed by atoms with Crippen LogP contribution in [0.1, 0.15) is 11.1 Å². The Labute approximate surface area is 191 Å². The molecule has 0 heterocycles. The summed E-state index contributed by atoms with van der Waals surface area (Å²) < 4.78 is 11.4. The van der Waals surface area contributed by atoms with Crippen molar-refractivity contribution in [1.82, 2.24) is 5.43 Å². The minimum absolute atomic E-state index is 0.122. The topological polar surface area (TPSA) is 59.9 Å². The van der Waals surface area contributed by atoms with E-state index in [1.54, 1.807) is 6.21 Å². The SMILES string of the molecule is O=C(COc1cccc2ccccc12)N/N=C\c1ccc(OCc2ccc(Cl)cc2)cc1. The van der Waals surface area contributed by atoms with Gasteiger partial charge in [-0.3, -0.25) is 4.79 Å². The number of nitrogens with zero attached hydrogens (tertiary/aromatic N) is 1. The first-order valence-electron chi connectivity index (χ1n) is 10.1. The Kier molecular flexibility index (Phi) is 7.00. The predicted octanol–water partition coefficient (Wildman–Crippen LogP) is 5.60. The molecule has 0 aromatic heterocycles. The van der Waals surface area contributed by atoms with Crippen LogP contribution in [0.15, 0.2) is 96.1 Å². The summed E-state index contributed by atoms with van der Waals surface area (Å²) in [6.07, 6.45) is 1.57. The molecule has 0 bridgehead atoms. The molecule has 1 N–H and O–H groups in total. The maximum atomic E-state index is 12.1. The number of halogens is 1. The Morgan fingerprint density at radius 2 is 1.62 bits per heavy atom. The molecule has 0 atom stereocenters. The van der Waals surface area contributed by atoms with Crippen LogP contribution in [0.2, 0.25) is 5.02 Å². The first kappa shape index (κ1) is 21.4. The summed E-state index contributed by atoms with van der Waals surface area (Å²) in [4.78, 5) is 12.1. The number of carbonyl (C=O) groups is 1. The lowest BCUT2D eigenvalue weighted by atomic mass is 10.1. The van der Waals surface area contributed by atoms with Crippen LogP contribution in [-0.4, -0.2) is 18.7 Å². The van der Waals surface area contributed by atoms with E-state index in [1.165, 1.54) is 0 Å². The largest absolute Gasteiger partial charge is 0.489 e. The maximum Gasteiger partial charge on any atom is 0.277 e.